The van der Waals surface area contributed by atoms with Crippen LogP contribution in [0.4, 0.5) is 13.2 Å². The molecule has 0 saturated carbocycles. The van der Waals surface area contributed by atoms with Gasteiger partial charge in [-0.3, -0.25) is 0 Å². The molecular weight excluding hydrogens is 239 g/mol. The third-order valence-corrected chi connectivity index (χ3v) is 2.88. The van der Waals surface area contributed by atoms with Crippen molar-refractivity contribution in [2.24, 2.45) is 0 Å². The van der Waals surface area contributed by atoms with Crippen molar-refractivity contribution in [3.63, 3.8) is 0 Å². The Balaban J connectivity index is 2.57. The molecule has 102 valence electrons. The molecular formula is C14H20F3N. The van der Waals surface area contributed by atoms with Gasteiger partial charge in [0.25, 0.3) is 0 Å². The second-order valence-electron chi connectivity index (χ2n) is 4.53. The first-order valence-electron chi connectivity index (χ1n) is 6.29. The highest BCUT2D eigenvalue weighted by atomic mass is 19.4. The molecule has 0 aliphatic heterocycles. The Morgan fingerprint density at radius 1 is 1.17 bits per heavy atom. The predicted octanol–water partition coefficient (Wildman–Crippen LogP) is 4.38. The van der Waals surface area contributed by atoms with E-state index in [1.165, 1.54) is 0 Å². The molecule has 1 N–H and O–H groups in total. The largest absolute Gasteiger partial charge is 0.389 e. The van der Waals surface area contributed by atoms with Gasteiger partial charge < -0.3 is 5.32 Å². The zero-order valence-corrected chi connectivity index (χ0v) is 10.8. The number of hydrogen-bond donors (Lipinski definition) is 1. The van der Waals surface area contributed by atoms with E-state index in [4.69, 9.17) is 0 Å². The van der Waals surface area contributed by atoms with Crippen LogP contribution in [-0.2, 0) is 0 Å². The van der Waals surface area contributed by atoms with Crippen molar-refractivity contribution < 1.29 is 13.2 Å². The van der Waals surface area contributed by atoms with Gasteiger partial charge in [-0.05, 0) is 31.9 Å². The number of hydrogen-bond acceptors (Lipinski definition) is 1. The molecule has 0 aliphatic carbocycles. The summed E-state index contributed by atoms with van der Waals surface area (Å²) in [7, 11) is 0. The molecule has 0 aromatic heterocycles. The third-order valence-electron chi connectivity index (χ3n) is 2.88. The Kier molecular flexibility index (Phi) is 5.66. The molecule has 0 fully saturated rings. The highest BCUT2D eigenvalue weighted by molar-refractivity contribution is 5.24. The lowest BCUT2D eigenvalue weighted by Gasteiger charge is -2.19. The lowest BCUT2D eigenvalue weighted by molar-refractivity contribution is -0.135. The van der Waals surface area contributed by atoms with Crippen LogP contribution in [0.25, 0.3) is 0 Å². The number of benzene rings is 1. The van der Waals surface area contributed by atoms with Gasteiger partial charge in [0.15, 0.2) is 0 Å². The topological polar surface area (TPSA) is 12.0 Å². The van der Waals surface area contributed by atoms with Crippen LogP contribution in [0.3, 0.4) is 0 Å². The van der Waals surface area contributed by atoms with E-state index in [0.29, 0.717) is 6.42 Å². The molecule has 1 nitrogen and oxygen atoms in total. The van der Waals surface area contributed by atoms with Gasteiger partial charge in [0.1, 0.15) is 0 Å². The molecule has 1 atom stereocenters. The van der Waals surface area contributed by atoms with Crippen molar-refractivity contribution in [3.8, 4) is 0 Å². The maximum absolute atomic E-state index is 12.1. The summed E-state index contributed by atoms with van der Waals surface area (Å²) in [4.78, 5) is 0. The van der Waals surface area contributed by atoms with Crippen LogP contribution in [0.2, 0.25) is 0 Å². The molecule has 1 aromatic carbocycles. The summed E-state index contributed by atoms with van der Waals surface area (Å²) in [6, 6.07) is 7.96. The van der Waals surface area contributed by atoms with Crippen molar-refractivity contribution in [2.75, 3.05) is 6.54 Å². The predicted molar refractivity (Wildman–Crippen MR) is 67.5 cm³/mol. The number of aryl methyl sites for hydroxylation is 1. The number of nitrogens with one attached hydrogen (secondary N) is 1. The monoisotopic (exact) mass is 259 g/mol. The number of halogens is 3. The lowest BCUT2D eigenvalue weighted by Crippen LogP contribution is -2.21. The van der Waals surface area contributed by atoms with E-state index in [0.717, 1.165) is 17.7 Å². The van der Waals surface area contributed by atoms with Crippen molar-refractivity contribution in [1.29, 1.82) is 0 Å². The average Bonchev–Trinajstić information content (AvgIpc) is 2.27. The smallest absolute Gasteiger partial charge is 0.310 e. The molecule has 1 unspecified atom stereocenters. The summed E-state index contributed by atoms with van der Waals surface area (Å²) in [5.41, 5.74) is 2.22. The Bertz CT molecular complexity index is 343. The second-order valence-corrected chi connectivity index (χ2v) is 4.53. The average molecular weight is 259 g/mol. The van der Waals surface area contributed by atoms with Gasteiger partial charge in [0, 0.05) is 12.5 Å². The molecule has 0 aliphatic rings. The van der Waals surface area contributed by atoms with Crippen molar-refractivity contribution in [2.45, 2.75) is 45.3 Å². The van der Waals surface area contributed by atoms with Crippen molar-refractivity contribution in [1.82, 2.24) is 5.32 Å². The summed E-state index contributed by atoms with van der Waals surface area (Å²) in [5, 5.41) is 3.24. The van der Waals surface area contributed by atoms with E-state index in [1.54, 1.807) is 0 Å². The first kappa shape index (κ1) is 15.0. The van der Waals surface area contributed by atoms with Crippen molar-refractivity contribution in [3.05, 3.63) is 35.4 Å². The van der Waals surface area contributed by atoms with Crippen LogP contribution in [0.5, 0.6) is 0 Å². The second kappa shape index (κ2) is 6.78. The number of alkyl halides is 3. The van der Waals surface area contributed by atoms with E-state index in [-0.39, 0.29) is 12.5 Å². The Morgan fingerprint density at radius 3 is 2.28 bits per heavy atom. The normalized spacial score (nSPS) is 13.6. The summed E-state index contributed by atoms with van der Waals surface area (Å²) in [6.07, 6.45) is -4.09. The first-order valence-corrected chi connectivity index (χ1v) is 6.29. The van der Waals surface area contributed by atoms with Gasteiger partial charge in [-0.25, -0.2) is 0 Å². The van der Waals surface area contributed by atoms with Gasteiger partial charge in [-0.1, -0.05) is 36.8 Å². The van der Waals surface area contributed by atoms with Gasteiger partial charge in [0.05, 0.1) is 0 Å². The van der Waals surface area contributed by atoms with Gasteiger partial charge in [-0.15, -0.1) is 0 Å². The molecule has 4 heteroatoms. The fraction of sp³-hybridized carbons (Fsp3) is 0.571. The molecule has 0 saturated heterocycles. The minimum atomic E-state index is -4.05. The summed E-state index contributed by atoms with van der Waals surface area (Å²) < 4.78 is 36.4. The fourth-order valence-electron chi connectivity index (χ4n) is 1.94. The molecule has 1 rings (SSSR count). The highest BCUT2D eigenvalue weighted by Gasteiger charge is 2.26. The lowest BCUT2D eigenvalue weighted by atomic mass is 10.00. The Labute approximate surface area is 106 Å². The standard InChI is InChI=1S/C14H20F3N/c1-3-18-13(5-4-10-14(15,16)17)12-8-6-11(2)7-9-12/h6-9,13,18H,3-5,10H2,1-2H3. The Hall–Kier alpha value is -1.03. The maximum atomic E-state index is 12.1. The van der Waals surface area contributed by atoms with E-state index < -0.39 is 12.6 Å². The molecule has 0 amide bonds. The quantitative estimate of drug-likeness (QED) is 0.799. The van der Waals surface area contributed by atoms with Crippen molar-refractivity contribution >= 4 is 0 Å². The molecule has 0 radical (unpaired) electrons. The zero-order chi connectivity index (χ0) is 13.6. The van der Waals surface area contributed by atoms with E-state index in [9.17, 15) is 13.2 Å². The molecule has 1 aromatic rings. The summed E-state index contributed by atoms with van der Waals surface area (Å²) >= 11 is 0. The molecule has 0 heterocycles. The molecule has 0 bridgehead atoms. The van der Waals surface area contributed by atoms with E-state index in [1.807, 2.05) is 38.1 Å². The zero-order valence-electron chi connectivity index (χ0n) is 10.8. The Morgan fingerprint density at radius 2 is 1.78 bits per heavy atom. The van der Waals surface area contributed by atoms with E-state index >= 15 is 0 Å². The third kappa shape index (κ3) is 5.54. The summed E-state index contributed by atoms with van der Waals surface area (Å²) in [6.45, 7) is 4.71. The summed E-state index contributed by atoms with van der Waals surface area (Å²) in [5.74, 6) is 0. The molecule has 0 spiro atoms. The van der Waals surface area contributed by atoms with E-state index in [2.05, 4.69) is 5.32 Å². The molecule has 18 heavy (non-hydrogen) atoms. The van der Waals surface area contributed by atoms with Crippen LogP contribution in [0.15, 0.2) is 24.3 Å². The van der Waals surface area contributed by atoms with Crippen LogP contribution < -0.4 is 5.32 Å². The fourth-order valence-corrected chi connectivity index (χ4v) is 1.94. The highest BCUT2D eigenvalue weighted by Crippen LogP contribution is 2.26. The maximum Gasteiger partial charge on any atom is 0.389 e. The van der Waals surface area contributed by atoms with Crippen LogP contribution in [0.1, 0.15) is 43.4 Å². The van der Waals surface area contributed by atoms with Gasteiger partial charge in [0.2, 0.25) is 0 Å². The van der Waals surface area contributed by atoms with Gasteiger partial charge in [-0.2, -0.15) is 13.2 Å². The van der Waals surface area contributed by atoms with Crippen LogP contribution in [-0.4, -0.2) is 12.7 Å². The number of rotatable bonds is 6. The SMILES string of the molecule is CCNC(CCCC(F)(F)F)c1ccc(C)cc1. The van der Waals surface area contributed by atoms with Crippen LogP contribution in [0, 0.1) is 6.92 Å². The minimum Gasteiger partial charge on any atom is -0.310 e. The minimum absolute atomic E-state index is 0.0120. The van der Waals surface area contributed by atoms with Crippen LogP contribution >= 0.6 is 0 Å². The first-order chi connectivity index (χ1) is 8.42. The van der Waals surface area contributed by atoms with Gasteiger partial charge >= 0.3 is 6.18 Å².